The molecule has 0 aromatic heterocycles. The van der Waals surface area contributed by atoms with Crippen molar-refractivity contribution in [2.24, 2.45) is 5.41 Å². The Balaban J connectivity index is 1.84. The first kappa shape index (κ1) is 15.3. The lowest BCUT2D eigenvalue weighted by atomic mass is 9.69. The number of nitrogens with one attached hydrogen (secondary N) is 1. The monoisotopic (exact) mass is 298 g/mol. The van der Waals surface area contributed by atoms with Crippen LogP contribution in [0.5, 0.6) is 0 Å². The lowest BCUT2D eigenvalue weighted by molar-refractivity contribution is -0.146. The molecule has 0 aliphatic heterocycles. The maximum absolute atomic E-state index is 12.4. The third kappa shape index (κ3) is 3.34. The number of nitrogens with zero attached hydrogens (tertiary/aromatic N) is 1. The third-order valence-electron chi connectivity index (χ3n) is 3.54. The van der Waals surface area contributed by atoms with Crippen molar-refractivity contribution in [3.8, 4) is 6.07 Å². The highest BCUT2D eigenvalue weighted by Crippen LogP contribution is 2.40. The van der Waals surface area contributed by atoms with Gasteiger partial charge in [0, 0.05) is 0 Å². The molecule has 0 bridgehead atoms. The van der Waals surface area contributed by atoms with Gasteiger partial charge in [-0.15, -0.1) is 0 Å². The number of hydroxylamine groups is 1. The Bertz CT molecular complexity index is 557. The maximum Gasteiger partial charge on any atom is 0.416 e. The number of hydrogen-bond acceptors (Lipinski definition) is 3. The summed E-state index contributed by atoms with van der Waals surface area (Å²) in [7, 11) is 0. The standard InChI is InChI=1S/C14H13F3N2O2/c15-14(16,17)11-4-2-10(3-5-11)8-21-19-12(20)13(9-18)6-1-7-13/h2-5H,1,6-8H2,(H,19,20). The lowest BCUT2D eigenvalue weighted by Gasteiger charge is -2.32. The molecule has 0 radical (unpaired) electrons. The summed E-state index contributed by atoms with van der Waals surface area (Å²) in [4.78, 5) is 16.7. The molecule has 0 unspecified atom stereocenters. The quantitative estimate of drug-likeness (QED) is 0.869. The van der Waals surface area contributed by atoms with Gasteiger partial charge in [-0.2, -0.15) is 18.4 Å². The zero-order valence-corrected chi connectivity index (χ0v) is 11.0. The largest absolute Gasteiger partial charge is 0.416 e. The molecule has 1 amide bonds. The van der Waals surface area contributed by atoms with Gasteiger partial charge in [-0.3, -0.25) is 9.63 Å². The SMILES string of the molecule is N#CC1(C(=O)NOCc2ccc(C(F)(F)F)cc2)CCC1. The minimum atomic E-state index is -4.38. The minimum Gasteiger partial charge on any atom is -0.271 e. The second kappa shape index (κ2) is 5.74. The molecule has 0 saturated heterocycles. The fourth-order valence-electron chi connectivity index (χ4n) is 1.99. The summed E-state index contributed by atoms with van der Waals surface area (Å²) in [5, 5.41) is 8.96. The average molecular weight is 298 g/mol. The molecule has 2 rings (SSSR count). The van der Waals surface area contributed by atoms with E-state index in [1.165, 1.54) is 12.1 Å². The fraction of sp³-hybridized carbons (Fsp3) is 0.429. The lowest BCUT2D eigenvalue weighted by Crippen LogP contribution is -2.44. The van der Waals surface area contributed by atoms with Crippen LogP contribution in [0.25, 0.3) is 0 Å². The Hall–Kier alpha value is -2.07. The van der Waals surface area contributed by atoms with E-state index in [0.717, 1.165) is 18.6 Å². The zero-order valence-electron chi connectivity index (χ0n) is 11.0. The molecule has 112 valence electrons. The van der Waals surface area contributed by atoms with Gasteiger partial charge in [0.1, 0.15) is 5.41 Å². The summed E-state index contributed by atoms with van der Waals surface area (Å²) < 4.78 is 37.1. The first-order chi connectivity index (χ1) is 9.87. The summed E-state index contributed by atoms with van der Waals surface area (Å²) in [6.45, 7) is -0.0641. The Labute approximate surface area is 119 Å². The van der Waals surface area contributed by atoms with E-state index in [4.69, 9.17) is 10.1 Å². The number of hydrogen-bond donors (Lipinski definition) is 1. The van der Waals surface area contributed by atoms with E-state index >= 15 is 0 Å². The smallest absolute Gasteiger partial charge is 0.271 e. The second-order valence-corrected chi connectivity index (χ2v) is 4.96. The van der Waals surface area contributed by atoms with Gasteiger partial charge >= 0.3 is 6.18 Å². The van der Waals surface area contributed by atoms with Gasteiger partial charge in [0.25, 0.3) is 5.91 Å². The molecule has 0 atom stereocenters. The number of carbonyl (C=O) groups excluding carboxylic acids is 1. The topological polar surface area (TPSA) is 62.1 Å². The molecule has 21 heavy (non-hydrogen) atoms. The van der Waals surface area contributed by atoms with E-state index in [2.05, 4.69) is 5.48 Å². The molecule has 7 heteroatoms. The highest BCUT2D eigenvalue weighted by Gasteiger charge is 2.44. The van der Waals surface area contributed by atoms with Crippen LogP contribution in [0, 0.1) is 16.7 Å². The molecular formula is C14H13F3N2O2. The first-order valence-electron chi connectivity index (χ1n) is 6.37. The van der Waals surface area contributed by atoms with Crippen molar-refractivity contribution in [3.05, 3.63) is 35.4 Å². The van der Waals surface area contributed by atoms with Crippen molar-refractivity contribution < 1.29 is 22.8 Å². The molecule has 0 spiro atoms. The number of amides is 1. The summed E-state index contributed by atoms with van der Waals surface area (Å²) in [5.74, 6) is -0.497. The Morgan fingerprint density at radius 1 is 1.33 bits per heavy atom. The maximum atomic E-state index is 12.4. The van der Waals surface area contributed by atoms with Crippen molar-refractivity contribution in [2.45, 2.75) is 32.0 Å². The summed E-state index contributed by atoms with van der Waals surface area (Å²) >= 11 is 0. The molecule has 1 saturated carbocycles. The number of alkyl halides is 3. The third-order valence-corrected chi connectivity index (χ3v) is 3.54. The molecule has 1 aliphatic rings. The van der Waals surface area contributed by atoms with Crippen molar-refractivity contribution in [1.82, 2.24) is 5.48 Å². The van der Waals surface area contributed by atoms with Gasteiger partial charge in [0.15, 0.2) is 0 Å². The van der Waals surface area contributed by atoms with E-state index in [1.807, 2.05) is 6.07 Å². The van der Waals surface area contributed by atoms with Gasteiger partial charge in [0.05, 0.1) is 18.2 Å². The van der Waals surface area contributed by atoms with Crippen molar-refractivity contribution >= 4 is 5.91 Å². The van der Waals surface area contributed by atoms with Gasteiger partial charge < -0.3 is 0 Å². The van der Waals surface area contributed by atoms with Crippen LogP contribution in [0.4, 0.5) is 13.2 Å². The predicted molar refractivity (Wildman–Crippen MR) is 66.3 cm³/mol. The number of carbonyl (C=O) groups is 1. The van der Waals surface area contributed by atoms with E-state index in [0.29, 0.717) is 18.4 Å². The highest BCUT2D eigenvalue weighted by atomic mass is 19.4. The van der Waals surface area contributed by atoms with Gasteiger partial charge in [-0.1, -0.05) is 12.1 Å². The molecule has 0 heterocycles. The van der Waals surface area contributed by atoms with E-state index in [-0.39, 0.29) is 6.61 Å². The van der Waals surface area contributed by atoms with Crippen molar-refractivity contribution in [1.29, 1.82) is 5.26 Å². The summed E-state index contributed by atoms with van der Waals surface area (Å²) in [6.07, 6.45) is -2.56. The molecule has 1 N–H and O–H groups in total. The number of benzene rings is 1. The molecule has 1 aliphatic carbocycles. The van der Waals surface area contributed by atoms with Crippen LogP contribution in [0.3, 0.4) is 0 Å². The highest BCUT2D eigenvalue weighted by molar-refractivity contribution is 5.85. The van der Waals surface area contributed by atoms with Crippen molar-refractivity contribution in [2.75, 3.05) is 0 Å². The zero-order chi connectivity index (χ0) is 15.5. The van der Waals surface area contributed by atoms with E-state index < -0.39 is 23.1 Å². The molecular weight excluding hydrogens is 285 g/mol. The molecule has 1 aromatic rings. The number of halogens is 3. The van der Waals surface area contributed by atoms with E-state index in [1.54, 1.807) is 0 Å². The second-order valence-electron chi connectivity index (χ2n) is 4.96. The summed E-state index contributed by atoms with van der Waals surface area (Å²) in [5.41, 5.74) is 0.919. The number of nitriles is 1. The normalized spacial score (nSPS) is 16.7. The Morgan fingerprint density at radius 3 is 2.38 bits per heavy atom. The van der Waals surface area contributed by atoms with E-state index in [9.17, 15) is 18.0 Å². The van der Waals surface area contributed by atoms with Crippen LogP contribution >= 0.6 is 0 Å². The van der Waals surface area contributed by atoms with Crippen molar-refractivity contribution in [3.63, 3.8) is 0 Å². The van der Waals surface area contributed by atoms with Crippen LogP contribution in [-0.2, 0) is 22.4 Å². The van der Waals surface area contributed by atoms with Crippen LogP contribution in [0.1, 0.15) is 30.4 Å². The minimum absolute atomic E-state index is 0.0641. The number of rotatable bonds is 4. The molecule has 1 aromatic carbocycles. The van der Waals surface area contributed by atoms with Crippen LogP contribution in [0.15, 0.2) is 24.3 Å². The van der Waals surface area contributed by atoms with Crippen LogP contribution < -0.4 is 5.48 Å². The average Bonchev–Trinajstić information content (AvgIpc) is 2.37. The Kier molecular flexibility index (Phi) is 4.19. The van der Waals surface area contributed by atoms with Crippen LogP contribution in [-0.4, -0.2) is 5.91 Å². The predicted octanol–water partition coefficient (Wildman–Crippen LogP) is 2.95. The Morgan fingerprint density at radius 2 is 1.95 bits per heavy atom. The molecule has 1 fully saturated rings. The first-order valence-corrected chi connectivity index (χ1v) is 6.37. The van der Waals surface area contributed by atoms with Gasteiger partial charge in [-0.05, 0) is 37.0 Å². The van der Waals surface area contributed by atoms with Crippen LogP contribution in [0.2, 0.25) is 0 Å². The molecule has 4 nitrogen and oxygen atoms in total. The summed E-state index contributed by atoms with van der Waals surface area (Å²) in [6, 6.07) is 6.42. The van der Waals surface area contributed by atoms with Gasteiger partial charge in [-0.25, -0.2) is 5.48 Å². The van der Waals surface area contributed by atoms with Gasteiger partial charge in [0.2, 0.25) is 0 Å². The fourth-order valence-corrected chi connectivity index (χ4v) is 1.99.